The van der Waals surface area contributed by atoms with Crippen molar-refractivity contribution in [3.8, 4) is 5.75 Å². The summed E-state index contributed by atoms with van der Waals surface area (Å²) in [5.41, 5.74) is 8.13. The quantitative estimate of drug-likeness (QED) is 0.899. The van der Waals surface area contributed by atoms with E-state index in [1.807, 2.05) is 12.1 Å². The van der Waals surface area contributed by atoms with Crippen LogP contribution in [0.3, 0.4) is 0 Å². The fourth-order valence-corrected chi connectivity index (χ4v) is 3.30. The first-order valence-corrected chi connectivity index (χ1v) is 7.02. The summed E-state index contributed by atoms with van der Waals surface area (Å²) in [6, 6.07) is 6.49. The Morgan fingerprint density at radius 1 is 1.32 bits per heavy atom. The summed E-state index contributed by atoms with van der Waals surface area (Å²) < 4.78 is 7.59. The van der Waals surface area contributed by atoms with Gasteiger partial charge < -0.3 is 15.0 Å². The number of methoxy groups -OCH3 is 1. The number of para-hydroxylation sites is 1. The maximum atomic E-state index is 6.17. The molecule has 0 radical (unpaired) electrons. The summed E-state index contributed by atoms with van der Waals surface area (Å²) in [4.78, 5) is 4.51. The highest BCUT2D eigenvalue weighted by Gasteiger charge is 2.26. The van der Waals surface area contributed by atoms with Crippen molar-refractivity contribution in [1.29, 1.82) is 0 Å². The molecule has 4 heteroatoms. The molecule has 102 valence electrons. The van der Waals surface area contributed by atoms with Gasteiger partial charge in [-0.25, -0.2) is 4.98 Å². The van der Waals surface area contributed by atoms with E-state index < -0.39 is 0 Å². The lowest BCUT2D eigenvalue weighted by molar-refractivity contribution is 0.264. The van der Waals surface area contributed by atoms with Gasteiger partial charge in [-0.2, -0.15) is 0 Å². The summed E-state index contributed by atoms with van der Waals surface area (Å²) in [7, 11) is 1.67. The highest BCUT2D eigenvalue weighted by Crippen LogP contribution is 2.38. The van der Waals surface area contributed by atoms with Gasteiger partial charge in [-0.1, -0.05) is 25.8 Å². The summed E-state index contributed by atoms with van der Waals surface area (Å²) >= 11 is 0. The molecule has 1 aliphatic carbocycles. The molecule has 2 N–H and O–H groups in total. The van der Waals surface area contributed by atoms with Gasteiger partial charge in [0.25, 0.3) is 0 Å². The van der Waals surface area contributed by atoms with Crippen molar-refractivity contribution in [2.75, 3.05) is 12.8 Å². The van der Waals surface area contributed by atoms with Crippen LogP contribution in [0.4, 0.5) is 5.95 Å². The number of nitrogens with two attached hydrogens (primary N) is 1. The van der Waals surface area contributed by atoms with Gasteiger partial charge in [0.15, 0.2) is 0 Å². The predicted octanol–water partition coefficient (Wildman–Crippen LogP) is 3.38. The zero-order valence-electron chi connectivity index (χ0n) is 11.6. The molecule has 1 aromatic heterocycles. The lowest BCUT2D eigenvalue weighted by Crippen LogP contribution is -2.22. The molecule has 1 heterocycles. The number of nitrogens with zero attached hydrogens (tertiary/aromatic N) is 2. The van der Waals surface area contributed by atoms with E-state index in [9.17, 15) is 0 Å². The van der Waals surface area contributed by atoms with Crippen LogP contribution in [0.25, 0.3) is 11.0 Å². The van der Waals surface area contributed by atoms with E-state index in [2.05, 4.69) is 22.5 Å². The Bertz CT molecular complexity index is 590. The standard InChI is InChI=1S/C15H21N3O/c1-10-6-3-4-7-11(10)18-12-8-5-9-13(19-2)14(12)17-15(18)16/h5,8-11H,3-4,6-7H2,1-2H3,(H2,16,17). The van der Waals surface area contributed by atoms with Crippen LogP contribution in [0.2, 0.25) is 0 Å². The van der Waals surface area contributed by atoms with Crippen molar-refractivity contribution >= 4 is 17.0 Å². The number of hydrogen-bond donors (Lipinski definition) is 1. The monoisotopic (exact) mass is 259 g/mol. The molecule has 1 aromatic carbocycles. The molecule has 0 aliphatic heterocycles. The van der Waals surface area contributed by atoms with E-state index in [1.54, 1.807) is 7.11 Å². The van der Waals surface area contributed by atoms with Crippen molar-refractivity contribution in [3.63, 3.8) is 0 Å². The number of benzene rings is 1. The number of ether oxygens (including phenoxy) is 1. The average Bonchev–Trinajstić information content (AvgIpc) is 2.75. The van der Waals surface area contributed by atoms with E-state index in [1.165, 1.54) is 25.7 Å². The Hall–Kier alpha value is -1.71. The molecule has 1 saturated carbocycles. The number of rotatable bonds is 2. The van der Waals surface area contributed by atoms with Crippen LogP contribution in [0, 0.1) is 5.92 Å². The SMILES string of the molecule is COc1cccc2c1nc(N)n2C1CCCCC1C. The largest absolute Gasteiger partial charge is 0.494 e. The zero-order valence-corrected chi connectivity index (χ0v) is 11.6. The molecule has 0 saturated heterocycles. The first kappa shape index (κ1) is 12.3. The Kier molecular flexibility index (Phi) is 3.09. The third kappa shape index (κ3) is 1.95. The number of nitrogen functional groups attached to an aromatic ring is 1. The van der Waals surface area contributed by atoms with Crippen LogP contribution in [0.5, 0.6) is 5.75 Å². The van der Waals surface area contributed by atoms with E-state index in [0.29, 0.717) is 17.9 Å². The molecule has 3 rings (SSSR count). The lowest BCUT2D eigenvalue weighted by Gasteiger charge is -2.31. The lowest BCUT2D eigenvalue weighted by atomic mass is 9.85. The average molecular weight is 259 g/mol. The minimum Gasteiger partial charge on any atom is -0.494 e. The summed E-state index contributed by atoms with van der Waals surface area (Å²) in [5, 5.41) is 0. The van der Waals surface area contributed by atoms with Crippen molar-refractivity contribution in [3.05, 3.63) is 18.2 Å². The van der Waals surface area contributed by atoms with Gasteiger partial charge in [-0.05, 0) is 30.9 Å². The fourth-order valence-electron chi connectivity index (χ4n) is 3.30. The second-order valence-electron chi connectivity index (χ2n) is 5.50. The summed E-state index contributed by atoms with van der Waals surface area (Å²) in [6.07, 6.45) is 5.06. The highest BCUT2D eigenvalue weighted by molar-refractivity contribution is 5.84. The number of hydrogen-bond acceptors (Lipinski definition) is 3. The molecule has 19 heavy (non-hydrogen) atoms. The van der Waals surface area contributed by atoms with Crippen LogP contribution in [0.1, 0.15) is 38.6 Å². The minimum atomic E-state index is 0.464. The first-order valence-electron chi connectivity index (χ1n) is 7.02. The second-order valence-corrected chi connectivity index (χ2v) is 5.50. The fraction of sp³-hybridized carbons (Fsp3) is 0.533. The van der Waals surface area contributed by atoms with Crippen molar-refractivity contribution in [2.45, 2.75) is 38.6 Å². The van der Waals surface area contributed by atoms with Gasteiger partial charge in [0.05, 0.1) is 12.6 Å². The van der Waals surface area contributed by atoms with Crippen LogP contribution >= 0.6 is 0 Å². The van der Waals surface area contributed by atoms with Gasteiger partial charge in [0, 0.05) is 6.04 Å². The third-order valence-electron chi connectivity index (χ3n) is 4.33. The number of fused-ring (bicyclic) bond motifs is 1. The first-order chi connectivity index (χ1) is 9.22. The molecule has 1 aliphatic rings. The van der Waals surface area contributed by atoms with Crippen molar-refractivity contribution < 1.29 is 4.74 Å². The van der Waals surface area contributed by atoms with Gasteiger partial charge in [0.2, 0.25) is 5.95 Å². The van der Waals surface area contributed by atoms with Crippen LogP contribution in [-0.2, 0) is 0 Å². The molecule has 0 amide bonds. The summed E-state index contributed by atoms with van der Waals surface area (Å²) in [5.74, 6) is 2.06. The molecule has 0 bridgehead atoms. The van der Waals surface area contributed by atoms with Gasteiger partial charge in [-0.15, -0.1) is 0 Å². The molecule has 2 aromatic rings. The van der Waals surface area contributed by atoms with Gasteiger partial charge in [-0.3, -0.25) is 0 Å². The maximum Gasteiger partial charge on any atom is 0.201 e. The van der Waals surface area contributed by atoms with Crippen molar-refractivity contribution in [1.82, 2.24) is 9.55 Å². The highest BCUT2D eigenvalue weighted by atomic mass is 16.5. The number of imidazole rings is 1. The molecular weight excluding hydrogens is 238 g/mol. The molecule has 2 unspecified atom stereocenters. The van der Waals surface area contributed by atoms with E-state index in [0.717, 1.165) is 16.8 Å². The zero-order chi connectivity index (χ0) is 13.4. The van der Waals surface area contributed by atoms with Gasteiger partial charge in [0.1, 0.15) is 11.3 Å². The van der Waals surface area contributed by atoms with Crippen molar-refractivity contribution in [2.24, 2.45) is 5.92 Å². The van der Waals surface area contributed by atoms with Crippen LogP contribution in [0.15, 0.2) is 18.2 Å². The molecule has 1 fully saturated rings. The van der Waals surface area contributed by atoms with E-state index >= 15 is 0 Å². The molecule has 2 atom stereocenters. The smallest absolute Gasteiger partial charge is 0.201 e. The predicted molar refractivity (Wildman–Crippen MR) is 77.4 cm³/mol. The molecule has 4 nitrogen and oxygen atoms in total. The maximum absolute atomic E-state index is 6.17. The van der Waals surface area contributed by atoms with Gasteiger partial charge >= 0.3 is 0 Å². The molecule has 0 spiro atoms. The van der Waals surface area contributed by atoms with E-state index in [4.69, 9.17) is 10.5 Å². The second kappa shape index (κ2) is 4.76. The van der Waals surface area contributed by atoms with Crippen LogP contribution < -0.4 is 10.5 Å². The minimum absolute atomic E-state index is 0.464. The number of anilines is 1. The van der Waals surface area contributed by atoms with E-state index in [-0.39, 0.29) is 0 Å². The Balaban J connectivity index is 2.15. The topological polar surface area (TPSA) is 53.1 Å². The summed E-state index contributed by atoms with van der Waals surface area (Å²) in [6.45, 7) is 2.31. The molecular formula is C15H21N3O. The third-order valence-corrected chi connectivity index (χ3v) is 4.33. The normalized spacial score (nSPS) is 23.7. The van der Waals surface area contributed by atoms with Crippen LogP contribution in [-0.4, -0.2) is 16.7 Å². The number of aromatic nitrogens is 2. The Morgan fingerprint density at radius 2 is 2.11 bits per heavy atom. The Morgan fingerprint density at radius 3 is 2.84 bits per heavy atom. The Labute approximate surface area is 113 Å².